The second kappa shape index (κ2) is 5.04. The first-order valence-corrected chi connectivity index (χ1v) is 7.39. The summed E-state index contributed by atoms with van der Waals surface area (Å²) in [5.74, 6) is 0. The maximum Gasteiger partial charge on any atom is 0.329 e. The summed E-state index contributed by atoms with van der Waals surface area (Å²) in [6, 6.07) is 11.2. The fourth-order valence-corrected chi connectivity index (χ4v) is 3.12. The molecule has 18 heavy (non-hydrogen) atoms. The molecular weight excluding hydrogens is 250 g/mol. The Morgan fingerprint density at radius 3 is 2.56 bits per heavy atom. The molecule has 0 aliphatic carbocycles. The number of nitrogens with zero attached hydrogens (tertiary/aromatic N) is 1. The fraction of sp³-hybridized carbons (Fsp3) is 0.308. The van der Waals surface area contributed by atoms with E-state index in [1.807, 2.05) is 37.3 Å². The quantitative estimate of drug-likeness (QED) is 0.682. The van der Waals surface area contributed by atoms with Crippen molar-refractivity contribution in [3.05, 3.63) is 42.6 Å². The molecular formula is C13H16NO3S+. The van der Waals surface area contributed by atoms with E-state index in [-0.39, 0.29) is 0 Å². The molecule has 0 fully saturated rings. The maximum atomic E-state index is 11.5. The summed E-state index contributed by atoms with van der Waals surface area (Å²) >= 11 is 0. The van der Waals surface area contributed by atoms with Gasteiger partial charge in [-0.25, -0.2) is 0 Å². The number of hydrogen-bond acceptors (Lipinski definition) is 2. The Labute approximate surface area is 107 Å². The molecule has 0 spiro atoms. The van der Waals surface area contributed by atoms with Crippen molar-refractivity contribution in [3.63, 3.8) is 0 Å². The number of aromatic nitrogens is 1. The first kappa shape index (κ1) is 13.0. The van der Waals surface area contributed by atoms with E-state index in [1.165, 1.54) is 0 Å². The number of rotatable bonds is 4. The number of hydrogen-bond donors (Lipinski definition) is 1. The van der Waals surface area contributed by atoms with E-state index in [2.05, 4.69) is 0 Å². The molecule has 96 valence electrons. The molecule has 1 atom stereocenters. The Morgan fingerprint density at radius 2 is 1.89 bits per heavy atom. The van der Waals surface area contributed by atoms with Gasteiger partial charge in [0.2, 0.25) is 5.52 Å². The number of para-hydroxylation sites is 1. The molecule has 1 aromatic heterocycles. The van der Waals surface area contributed by atoms with Gasteiger partial charge in [0.15, 0.2) is 6.20 Å². The Balaban J connectivity index is 2.65. The van der Waals surface area contributed by atoms with Crippen molar-refractivity contribution in [2.24, 2.45) is 0 Å². The Hall–Kier alpha value is -1.46. The zero-order chi connectivity index (χ0) is 13.2. The zero-order valence-electron chi connectivity index (χ0n) is 10.2. The topological polar surface area (TPSA) is 58.2 Å². The second-order valence-corrected chi connectivity index (χ2v) is 5.81. The summed E-state index contributed by atoms with van der Waals surface area (Å²) in [5.41, 5.74) is 0.802. The molecule has 1 heterocycles. The maximum absolute atomic E-state index is 11.5. The van der Waals surface area contributed by atoms with Gasteiger partial charge in [-0.05, 0) is 18.6 Å². The zero-order valence-corrected chi connectivity index (χ0v) is 11.0. The molecule has 4 nitrogen and oxygen atoms in total. The summed E-state index contributed by atoms with van der Waals surface area (Å²) in [6.07, 6.45) is 2.76. The lowest BCUT2D eigenvalue weighted by molar-refractivity contribution is -0.677. The van der Waals surface area contributed by atoms with Gasteiger partial charge in [-0.2, -0.15) is 13.0 Å². The highest BCUT2D eigenvalue weighted by Crippen LogP contribution is 2.17. The summed E-state index contributed by atoms with van der Waals surface area (Å²) in [6.45, 7) is 1.89. The highest BCUT2D eigenvalue weighted by molar-refractivity contribution is 7.85. The predicted molar refractivity (Wildman–Crippen MR) is 69.6 cm³/mol. The lowest BCUT2D eigenvalue weighted by Crippen LogP contribution is -2.44. The molecule has 2 rings (SSSR count). The van der Waals surface area contributed by atoms with Crippen molar-refractivity contribution in [2.75, 3.05) is 0 Å². The minimum Gasteiger partial charge on any atom is -0.280 e. The monoisotopic (exact) mass is 266 g/mol. The van der Waals surface area contributed by atoms with Crippen molar-refractivity contribution in [1.29, 1.82) is 0 Å². The van der Waals surface area contributed by atoms with Crippen LogP contribution in [0, 0.1) is 0 Å². The highest BCUT2D eigenvalue weighted by Gasteiger charge is 2.32. The van der Waals surface area contributed by atoms with Gasteiger partial charge >= 0.3 is 10.1 Å². The van der Waals surface area contributed by atoms with Crippen LogP contribution in [-0.4, -0.2) is 13.0 Å². The normalized spacial score (nSPS) is 13.7. The predicted octanol–water partition coefficient (Wildman–Crippen LogP) is 2.31. The molecule has 0 saturated heterocycles. The average molecular weight is 266 g/mol. The van der Waals surface area contributed by atoms with Crippen molar-refractivity contribution in [1.82, 2.24) is 0 Å². The molecule has 0 radical (unpaired) electrons. The highest BCUT2D eigenvalue weighted by atomic mass is 32.2. The van der Waals surface area contributed by atoms with Gasteiger partial charge in [0, 0.05) is 23.9 Å². The third-order valence-electron chi connectivity index (χ3n) is 2.93. The summed E-state index contributed by atoms with van der Waals surface area (Å²) in [4.78, 5) is 0. The van der Waals surface area contributed by atoms with Crippen LogP contribution >= 0.6 is 0 Å². The van der Waals surface area contributed by atoms with Crippen molar-refractivity contribution >= 4 is 21.0 Å². The number of benzene rings is 1. The molecule has 0 bridgehead atoms. The molecule has 1 unspecified atom stereocenters. The standard InChI is InChI=1S/C13H15NO3S/c1-2-6-13(18(15,16)17)14-10-5-8-11-7-3-4-9-12(11)14/h3-5,7-10,13H,2,6H2,1H3/p+1. The van der Waals surface area contributed by atoms with Gasteiger partial charge in [-0.1, -0.05) is 19.1 Å². The van der Waals surface area contributed by atoms with Gasteiger partial charge in [0.25, 0.3) is 5.37 Å². The smallest absolute Gasteiger partial charge is 0.280 e. The molecule has 1 aromatic carbocycles. The van der Waals surface area contributed by atoms with Gasteiger partial charge in [0.05, 0.1) is 0 Å². The van der Waals surface area contributed by atoms with Crippen LogP contribution in [0.2, 0.25) is 0 Å². The summed E-state index contributed by atoms with van der Waals surface area (Å²) in [7, 11) is -4.11. The van der Waals surface area contributed by atoms with Gasteiger partial charge in [-0.15, -0.1) is 0 Å². The molecule has 1 N–H and O–H groups in total. The SMILES string of the molecule is CCCC([n+]1cccc2ccccc21)S(=O)(=O)O. The first-order valence-electron chi connectivity index (χ1n) is 5.89. The van der Waals surface area contributed by atoms with Crippen molar-refractivity contribution < 1.29 is 17.5 Å². The van der Waals surface area contributed by atoms with Crippen LogP contribution in [0.25, 0.3) is 10.9 Å². The number of fused-ring (bicyclic) bond motifs is 1. The van der Waals surface area contributed by atoms with E-state index in [0.717, 1.165) is 10.9 Å². The summed E-state index contributed by atoms with van der Waals surface area (Å²) < 4.78 is 34.0. The number of pyridine rings is 1. The minimum absolute atomic E-state index is 0.386. The van der Waals surface area contributed by atoms with Crippen LogP contribution in [0.15, 0.2) is 42.6 Å². The fourth-order valence-electron chi connectivity index (χ4n) is 2.11. The van der Waals surface area contributed by atoms with Crippen LogP contribution in [-0.2, 0) is 10.1 Å². The van der Waals surface area contributed by atoms with Crippen LogP contribution in [0.1, 0.15) is 25.1 Å². The molecule has 2 aromatic rings. The van der Waals surface area contributed by atoms with Gasteiger partial charge in [-0.3, -0.25) is 4.55 Å². The van der Waals surface area contributed by atoms with E-state index < -0.39 is 15.5 Å². The third kappa shape index (κ3) is 2.52. The Bertz CT molecular complexity index is 647. The van der Waals surface area contributed by atoms with E-state index in [0.29, 0.717) is 12.8 Å². The molecule has 5 heteroatoms. The molecule has 0 saturated carbocycles. The third-order valence-corrected chi connectivity index (χ3v) is 4.08. The van der Waals surface area contributed by atoms with E-state index >= 15 is 0 Å². The van der Waals surface area contributed by atoms with Crippen LogP contribution < -0.4 is 4.57 Å². The lowest BCUT2D eigenvalue weighted by atomic mass is 10.2. The minimum atomic E-state index is -4.11. The molecule has 0 aliphatic heterocycles. The van der Waals surface area contributed by atoms with Gasteiger partial charge in [0.1, 0.15) is 0 Å². The Kier molecular flexibility index (Phi) is 3.63. The lowest BCUT2D eigenvalue weighted by Gasteiger charge is -2.10. The first-order chi connectivity index (χ1) is 8.54. The van der Waals surface area contributed by atoms with Crippen LogP contribution in [0.3, 0.4) is 0 Å². The van der Waals surface area contributed by atoms with E-state index in [1.54, 1.807) is 16.8 Å². The van der Waals surface area contributed by atoms with Gasteiger partial charge < -0.3 is 0 Å². The largest absolute Gasteiger partial charge is 0.329 e. The average Bonchev–Trinajstić information content (AvgIpc) is 2.34. The van der Waals surface area contributed by atoms with Crippen molar-refractivity contribution in [2.45, 2.75) is 25.1 Å². The molecule has 0 amide bonds. The molecule has 0 aliphatic rings. The van der Waals surface area contributed by atoms with E-state index in [9.17, 15) is 13.0 Å². The Morgan fingerprint density at radius 1 is 1.22 bits per heavy atom. The van der Waals surface area contributed by atoms with Crippen LogP contribution in [0.4, 0.5) is 0 Å². The van der Waals surface area contributed by atoms with E-state index in [4.69, 9.17) is 0 Å². The van der Waals surface area contributed by atoms with Crippen LogP contribution in [0.5, 0.6) is 0 Å². The second-order valence-electron chi connectivity index (χ2n) is 4.23. The summed E-state index contributed by atoms with van der Waals surface area (Å²) in [5, 5.41) is 0.0263. The van der Waals surface area contributed by atoms with Crippen molar-refractivity contribution in [3.8, 4) is 0 Å².